The molecular weight excluding hydrogens is 209 g/mol. The van der Waals surface area contributed by atoms with E-state index in [1.807, 2.05) is 0 Å². The van der Waals surface area contributed by atoms with E-state index in [9.17, 15) is 14.3 Å². The minimum absolute atomic E-state index is 0.107. The summed E-state index contributed by atoms with van der Waals surface area (Å²) < 4.78 is 19.8. The summed E-state index contributed by atoms with van der Waals surface area (Å²) in [7, 11) is -4.17. The smallest absolute Gasteiger partial charge is 0.267 e. The first-order chi connectivity index (χ1) is 6.48. The Labute approximate surface area is 83.2 Å². The molecule has 6 nitrogen and oxygen atoms in total. The second kappa shape index (κ2) is 6.95. The Hall–Kier alpha value is -0.420. The molecule has 0 heterocycles. The minimum Gasteiger partial charge on any atom is -0.756 e. The van der Waals surface area contributed by atoms with Crippen LogP contribution in [0.25, 0.3) is 0 Å². The Balaban J connectivity index is 3.55. The van der Waals surface area contributed by atoms with Crippen LogP contribution in [0.1, 0.15) is 20.3 Å². The number of carbonyl (C=O) groups excluding carboxylic acids is 1. The van der Waals surface area contributed by atoms with E-state index in [1.54, 1.807) is 6.92 Å². The summed E-state index contributed by atoms with van der Waals surface area (Å²) in [6, 6.07) is 0. The van der Waals surface area contributed by atoms with Crippen LogP contribution in [0.15, 0.2) is 0 Å². The molecule has 0 saturated heterocycles. The van der Waals surface area contributed by atoms with Crippen molar-refractivity contribution >= 4 is 13.7 Å². The normalized spacial score (nSPS) is 14.8. The highest BCUT2D eigenvalue weighted by atomic mass is 31.2. The van der Waals surface area contributed by atoms with E-state index in [2.05, 4.69) is 14.4 Å². The van der Waals surface area contributed by atoms with Crippen molar-refractivity contribution in [2.75, 3.05) is 19.8 Å². The van der Waals surface area contributed by atoms with Gasteiger partial charge in [0, 0.05) is 13.5 Å². The zero-order valence-corrected chi connectivity index (χ0v) is 9.21. The molecule has 0 spiro atoms. The zero-order chi connectivity index (χ0) is 11.0. The summed E-state index contributed by atoms with van der Waals surface area (Å²) in [5.41, 5.74) is 0. The number of carbonyl (C=O) groups is 1. The summed E-state index contributed by atoms with van der Waals surface area (Å²) >= 11 is 0. The van der Waals surface area contributed by atoms with Crippen LogP contribution in [0.5, 0.6) is 0 Å². The monoisotopic (exact) mass is 224 g/mol. The molecule has 84 valence electrons. The predicted octanol–water partition coefficient (Wildman–Crippen LogP) is 0.0341. The summed E-state index contributed by atoms with van der Waals surface area (Å²) in [4.78, 5) is 21.3. The molecule has 1 amide bonds. The third-order valence-corrected chi connectivity index (χ3v) is 2.18. The van der Waals surface area contributed by atoms with Gasteiger partial charge in [-0.1, -0.05) is 6.92 Å². The van der Waals surface area contributed by atoms with Crippen molar-refractivity contribution in [2.45, 2.75) is 20.3 Å². The third-order valence-electron chi connectivity index (χ3n) is 1.18. The first-order valence-electron chi connectivity index (χ1n) is 4.32. The highest BCUT2D eigenvalue weighted by molar-refractivity contribution is 7.45. The number of amides is 1. The molecule has 0 rings (SSSR count). The zero-order valence-electron chi connectivity index (χ0n) is 8.32. The van der Waals surface area contributed by atoms with Crippen molar-refractivity contribution in [2.24, 2.45) is 0 Å². The largest absolute Gasteiger partial charge is 0.756 e. The summed E-state index contributed by atoms with van der Waals surface area (Å²) in [6.07, 6.45) is 0.598. The Morgan fingerprint density at radius 1 is 1.43 bits per heavy atom. The number of rotatable bonds is 7. The molecule has 0 aromatic heterocycles. The molecule has 1 atom stereocenters. The third kappa shape index (κ3) is 8.19. The lowest BCUT2D eigenvalue weighted by Gasteiger charge is -2.22. The molecule has 0 aromatic carbocycles. The van der Waals surface area contributed by atoms with Crippen LogP contribution >= 0.6 is 7.82 Å². The Morgan fingerprint density at radius 2 is 2.00 bits per heavy atom. The van der Waals surface area contributed by atoms with E-state index in [0.717, 1.165) is 0 Å². The molecule has 0 aliphatic rings. The summed E-state index contributed by atoms with van der Waals surface area (Å²) in [6.45, 7) is 3.28. The van der Waals surface area contributed by atoms with Gasteiger partial charge in [0.2, 0.25) is 5.91 Å². The lowest BCUT2D eigenvalue weighted by Crippen LogP contribution is -2.25. The Kier molecular flexibility index (Phi) is 6.74. The molecule has 0 aliphatic heterocycles. The maximum atomic E-state index is 10.9. The van der Waals surface area contributed by atoms with E-state index >= 15 is 0 Å². The highest BCUT2D eigenvalue weighted by Crippen LogP contribution is 2.37. The number of nitrogens with one attached hydrogen (secondary N) is 1. The quantitative estimate of drug-likeness (QED) is 0.487. The maximum Gasteiger partial charge on any atom is 0.267 e. The van der Waals surface area contributed by atoms with Crippen LogP contribution in [0.3, 0.4) is 0 Å². The van der Waals surface area contributed by atoms with Crippen molar-refractivity contribution in [1.82, 2.24) is 5.32 Å². The number of phosphoric acid groups is 1. The summed E-state index contributed by atoms with van der Waals surface area (Å²) in [5, 5.41) is 2.39. The Morgan fingerprint density at radius 3 is 2.50 bits per heavy atom. The predicted molar refractivity (Wildman–Crippen MR) is 48.5 cm³/mol. The van der Waals surface area contributed by atoms with Gasteiger partial charge in [0.1, 0.15) is 0 Å². The van der Waals surface area contributed by atoms with Crippen molar-refractivity contribution in [3.05, 3.63) is 0 Å². The second-order valence-electron chi connectivity index (χ2n) is 2.60. The van der Waals surface area contributed by atoms with Crippen LogP contribution in [-0.2, 0) is 18.4 Å². The number of hydrogen-bond donors (Lipinski definition) is 1. The molecule has 0 aliphatic carbocycles. The molecular formula is C7H15NO5P-. The van der Waals surface area contributed by atoms with Crippen molar-refractivity contribution in [3.63, 3.8) is 0 Å². The fourth-order valence-electron chi connectivity index (χ4n) is 0.625. The SMILES string of the molecule is CCCOP(=O)([O-])OCCNC(C)=O. The van der Waals surface area contributed by atoms with Gasteiger partial charge < -0.3 is 19.3 Å². The van der Waals surface area contributed by atoms with Gasteiger partial charge in [0.05, 0.1) is 13.2 Å². The lowest BCUT2D eigenvalue weighted by molar-refractivity contribution is -0.225. The number of phosphoric ester groups is 1. The second-order valence-corrected chi connectivity index (χ2v) is 4.01. The number of hydrogen-bond acceptors (Lipinski definition) is 5. The minimum atomic E-state index is -4.17. The molecule has 7 heteroatoms. The van der Waals surface area contributed by atoms with Crippen LogP contribution in [0.2, 0.25) is 0 Å². The topological polar surface area (TPSA) is 87.7 Å². The van der Waals surface area contributed by atoms with Gasteiger partial charge >= 0.3 is 0 Å². The van der Waals surface area contributed by atoms with Gasteiger partial charge in [0.15, 0.2) is 0 Å². The van der Waals surface area contributed by atoms with E-state index in [4.69, 9.17) is 0 Å². The average Bonchev–Trinajstić information content (AvgIpc) is 2.09. The fraction of sp³-hybridized carbons (Fsp3) is 0.857. The summed E-state index contributed by atoms with van der Waals surface area (Å²) in [5.74, 6) is -0.233. The van der Waals surface area contributed by atoms with E-state index in [-0.39, 0.29) is 25.7 Å². The lowest BCUT2D eigenvalue weighted by atomic mass is 10.5. The van der Waals surface area contributed by atoms with Crippen LogP contribution in [-0.4, -0.2) is 25.7 Å². The van der Waals surface area contributed by atoms with Crippen molar-refractivity contribution < 1.29 is 23.3 Å². The van der Waals surface area contributed by atoms with Crippen LogP contribution in [0.4, 0.5) is 0 Å². The fourth-order valence-corrected chi connectivity index (χ4v) is 1.42. The van der Waals surface area contributed by atoms with Gasteiger partial charge in [-0.25, -0.2) is 0 Å². The molecule has 0 saturated carbocycles. The average molecular weight is 224 g/mol. The van der Waals surface area contributed by atoms with Crippen LogP contribution in [0, 0.1) is 0 Å². The maximum absolute atomic E-state index is 10.9. The first kappa shape index (κ1) is 13.6. The molecule has 0 radical (unpaired) electrons. The Bertz CT molecular complexity index is 220. The standard InChI is InChI=1S/C7H16NO5P/c1-3-5-12-14(10,11)13-6-4-8-7(2)9/h3-6H2,1-2H3,(H,8,9)(H,10,11)/p-1. The van der Waals surface area contributed by atoms with E-state index in [1.165, 1.54) is 6.92 Å². The van der Waals surface area contributed by atoms with Gasteiger partial charge in [-0.05, 0) is 6.42 Å². The molecule has 0 aromatic rings. The van der Waals surface area contributed by atoms with Crippen molar-refractivity contribution in [3.8, 4) is 0 Å². The van der Waals surface area contributed by atoms with E-state index < -0.39 is 7.82 Å². The van der Waals surface area contributed by atoms with Gasteiger partial charge in [-0.2, -0.15) is 0 Å². The molecule has 14 heavy (non-hydrogen) atoms. The van der Waals surface area contributed by atoms with Gasteiger partial charge in [0.25, 0.3) is 7.82 Å². The molecule has 0 fully saturated rings. The van der Waals surface area contributed by atoms with Gasteiger partial charge in [-0.3, -0.25) is 9.36 Å². The molecule has 1 N–H and O–H groups in total. The van der Waals surface area contributed by atoms with E-state index in [0.29, 0.717) is 6.42 Å². The van der Waals surface area contributed by atoms with Crippen LogP contribution < -0.4 is 10.2 Å². The van der Waals surface area contributed by atoms with Crippen molar-refractivity contribution in [1.29, 1.82) is 0 Å². The molecule has 0 bridgehead atoms. The van der Waals surface area contributed by atoms with Gasteiger partial charge in [-0.15, -0.1) is 0 Å². The molecule has 1 unspecified atom stereocenters. The highest BCUT2D eigenvalue weighted by Gasteiger charge is 2.07. The first-order valence-corrected chi connectivity index (χ1v) is 5.78.